The summed E-state index contributed by atoms with van der Waals surface area (Å²) in [6.07, 6.45) is 4.88. The van der Waals surface area contributed by atoms with Crippen molar-refractivity contribution in [3.63, 3.8) is 0 Å². The fourth-order valence-corrected chi connectivity index (χ4v) is 4.34. The SMILES string of the molecule is COc1cnc(-c2nn(Cc3c(F)cc(OCCCOC4CCCCO4)cc3F)c3ccccc23)nc1N. The maximum atomic E-state index is 15.0. The molecule has 5 rings (SSSR count). The number of para-hydroxylation sites is 1. The largest absolute Gasteiger partial charge is 0.493 e. The molecule has 1 unspecified atom stereocenters. The zero-order valence-electron chi connectivity index (χ0n) is 21.0. The second-order valence-corrected chi connectivity index (χ2v) is 8.91. The lowest BCUT2D eigenvalue weighted by molar-refractivity contribution is -0.163. The lowest BCUT2D eigenvalue weighted by Gasteiger charge is -2.22. The molecule has 2 aromatic heterocycles. The number of aromatic nitrogens is 4. The number of anilines is 1. The Labute approximate surface area is 218 Å². The van der Waals surface area contributed by atoms with Crippen LogP contribution < -0.4 is 15.2 Å². The molecular weight excluding hydrogens is 496 g/mol. The molecule has 1 aliphatic heterocycles. The molecule has 1 fully saturated rings. The summed E-state index contributed by atoms with van der Waals surface area (Å²) in [5.41, 5.74) is 6.92. The van der Waals surface area contributed by atoms with Gasteiger partial charge in [0.15, 0.2) is 23.7 Å². The molecule has 200 valence electrons. The first kappa shape index (κ1) is 25.8. The Morgan fingerprint density at radius 2 is 1.95 bits per heavy atom. The minimum atomic E-state index is -0.724. The van der Waals surface area contributed by atoms with E-state index in [4.69, 9.17) is 24.7 Å². The van der Waals surface area contributed by atoms with Crippen LogP contribution in [0.15, 0.2) is 42.6 Å². The number of nitrogen functional groups attached to an aromatic ring is 1. The highest BCUT2D eigenvalue weighted by molar-refractivity contribution is 5.91. The molecule has 0 spiro atoms. The molecule has 9 nitrogen and oxygen atoms in total. The number of nitrogens with zero attached hydrogens (tertiary/aromatic N) is 4. The Hall–Kier alpha value is -3.83. The van der Waals surface area contributed by atoms with E-state index in [0.717, 1.165) is 24.6 Å². The van der Waals surface area contributed by atoms with Gasteiger partial charge >= 0.3 is 0 Å². The van der Waals surface area contributed by atoms with Gasteiger partial charge in [0.25, 0.3) is 0 Å². The van der Waals surface area contributed by atoms with Crippen LogP contribution >= 0.6 is 0 Å². The van der Waals surface area contributed by atoms with Gasteiger partial charge in [0.05, 0.1) is 38.6 Å². The topological polar surface area (TPSA) is 107 Å². The minimum absolute atomic E-state index is 0.116. The molecule has 38 heavy (non-hydrogen) atoms. The van der Waals surface area contributed by atoms with E-state index in [-0.39, 0.29) is 42.4 Å². The molecule has 1 atom stereocenters. The normalized spacial score (nSPS) is 15.6. The quantitative estimate of drug-likeness (QED) is 0.297. The predicted octanol–water partition coefficient (Wildman–Crippen LogP) is 4.72. The fraction of sp³-hybridized carbons (Fsp3) is 0.370. The average molecular weight is 526 g/mol. The van der Waals surface area contributed by atoms with Crippen LogP contribution in [0.2, 0.25) is 0 Å². The molecule has 0 amide bonds. The summed E-state index contributed by atoms with van der Waals surface area (Å²) in [6.45, 7) is 1.29. The molecule has 1 aliphatic rings. The molecule has 4 aromatic rings. The summed E-state index contributed by atoms with van der Waals surface area (Å²) in [5, 5.41) is 5.29. The van der Waals surface area contributed by atoms with Gasteiger partial charge in [-0.3, -0.25) is 4.68 Å². The van der Waals surface area contributed by atoms with Crippen LogP contribution in [0.1, 0.15) is 31.2 Å². The summed E-state index contributed by atoms with van der Waals surface area (Å²) < 4.78 is 53.4. The number of fused-ring (bicyclic) bond motifs is 1. The molecule has 2 N–H and O–H groups in total. The van der Waals surface area contributed by atoms with Crippen molar-refractivity contribution >= 4 is 16.7 Å². The third kappa shape index (κ3) is 5.68. The van der Waals surface area contributed by atoms with Gasteiger partial charge < -0.3 is 24.7 Å². The molecule has 0 radical (unpaired) electrons. The monoisotopic (exact) mass is 525 g/mol. The number of benzene rings is 2. The lowest BCUT2D eigenvalue weighted by Crippen LogP contribution is -2.23. The summed E-state index contributed by atoms with van der Waals surface area (Å²) in [5.74, 6) is -0.545. The molecule has 11 heteroatoms. The second-order valence-electron chi connectivity index (χ2n) is 8.91. The van der Waals surface area contributed by atoms with E-state index in [1.54, 1.807) is 0 Å². The average Bonchev–Trinajstić information content (AvgIpc) is 3.29. The van der Waals surface area contributed by atoms with Gasteiger partial charge in [0.2, 0.25) is 0 Å². The van der Waals surface area contributed by atoms with Crippen molar-refractivity contribution in [1.29, 1.82) is 0 Å². The number of nitrogens with two attached hydrogens (primary N) is 1. The van der Waals surface area contributed by atoms with Crippen molar-refractivity contribution in [2.75, 3.05) is 32.7 Å². The van der Waals surface area contributed by atoms with Gasteiger partial charge in [0, 0.05) is 36.1 Å². The summed E-state index contributed by atoms with van der Waals surface area (Å²) >= 11 is 0. The number of hydrogen-bond acceptors (Lipinski definition) is 8. The van der Waals surface area contributed by atoms with Crippen molar-refractivity contribution in [1.82, 2.24) is 19.7 Å². The van der Waals surface area contributed by atoms with Crippen molar-refractivity contribution < 1.29 is 27.7 Å². The standard InChI is InChI=1S/C27H29F2N5O4/c1-35-23-15-31-27(32-26(23)30)25-18-7-2-3-8-22(18)34(33-25)16-19-20(28)13-17(14-21(19)29)36-11-6-12-38-24-9-4-5-10-37-24/h2-3,7-8,13-15,24H,4-6,9-12,16H2,1H3,(H2,30,31,32). The highest BCUT2D eigenvalue weighted by Gasteiger charge is 2.19. The van der Waals surface area contributed by atoms with Crippen molar-refractivity contribution in [3.8, 4) is 23.0 Å². The molecule has 0 aliphatic carbocycles. The van der Waals surface area contributed by atoms with Gasteiger partial charge in [-0.05, 0) is 25.3 Å². The Morgan fingerprint density at radius 1 is 1.13 bits per heavy atom. The van der Waals surface area contributed by atoms with E-state index in [1.165, 1.54) is 30.1 Å². The zero-order valence-corrected chi connectivity index (χ0v) is 21.0. The highest BCUT2D eigenvalue weighted by Crippen LogP contribution is 2.30. The van der Waals surface area contributed by atoms with Crippen molar-refractivity contribution in [2.24, 2.45) is 0 Å². The van der Waals surface area contributed by atoms with E-state index >= 15 is 8.78 Å². The van der Waals surface area contributed by atoms with E-state index < -0.39 is 11.6 Å². The first-order chi connectivity index (χ1) is 18.5. The van der Waals surface area contributed by atoms with Crippen molar-refractivity contribution in [2.45, 2.75) is 38.5 Å². The molecule has 0 saturated carbocycles. The Morgan fingerprint density at radius 3 is 2.68 bits per heavy atom. The first-order valence-electron chi connectivity index (χ1n) is 12.5. The maximum absolute atomic E-state index is 15.0. The second kappa shape index (κ2) is 11.7. The van der Waals surface area contributed by atoms with Crippen LogP contribution in [0.5, 0.6) is 11.5 Å². The summed E-state index contributed by atoms with van der Waals surface area (Å²) in [7, 11) is 1.47. The highest BCUT2D eigenvalue weighted by atomic mass is 19.1. The van der Waals surface area contributed by atoms with E-state index in [9.17, 15) is 0 Å². The molecule has 1 saturated heterocycles. The van der Waals surface area contributed by atoms with Gasteiger partial charge in [-0.2, -0.15) is 5.10 Å². The fourth-order valence-electron chi connectivity index (χ4n) is 4.34. The Balaban J connectivity index is 1.29. The number of hydrogen-bond donors (Lipinski definition) is 1. The predicted molar refractivity (Wildman–Crippen MR) is 137 cm³/mol. The Bertz CT molecular complexity index is 1380. The molecule has 0 bridgehead atoms. The van der Waals surface area contributed by atoms with Crippen LogP contribution in [-0.4, -0.2) is 53.0 Å². The number of rotatable bonds is 10. The molecule has 3 heterocycles. The zero-order chi connectivity index (χ0) is 26.5. The van der Waals surface area contributed by atoms with Crippen molar-refractivity contribution in [3.05, 3.63) is 59.8 Å². The van der Waals surface area contributed by atoms with Crippen LogP contribution in [0, 0.1) is 11.6 Å². The van der Waals surface area contributed by atoms with Crippen LogP contribution in [0.25, 0.3) is 22.4 Å². The van der Waals surface area contributed by atoms with Gasteiger partial charge in [-0.15, -0.1) is 0 Å². The van der Waals surface area contributed by atoms with Gasteiger partial charge in [-0.25, -0.2) is 18.7 Å². The van der Waals surface area contributed by atoms with Crippen LogP contribution in [-0.2, 0) is 16.0 Å². The Kier molecular flexibility index (Phi) is 7.94. The van der Waals surface area contributed by atoms with Crippen LogP contribution in [0.3, 0.4) is 0 Å². The van der Waals surface area contributed by atoms with E-state index in [0.29, 0.717) is 36.6 Å². The molecular formula is C27H29F2N5O4. The van der Waals surface area contributed by atoms with E-state index in [1.807, 2.05) is 24.3 Å². The first-order valence-corrected chi connectivity index (χ1v) is 12.5. The summed E-state index contributed by atoms with van der Waals surface area (Å²) in [6, 6.07) is 9.68. The minimum Gasteiger partial charge on any atom is -0.493 e. The number of halogens is 2. The number of methoxy groups -OCH3 is 1. The van der Waals surface area contributed by atoms with Gasteiger partial charge in [0.1, 0.15) is 23.1 Å². The third-order valence-corrected chi connectivity index (χ3v) is 6.29. The third-order valence-electron chi connectivity index (χ3n) is 6.29. The smallest absolute Gasteiger partial charge is 0.182 e. The van der Waals surface area contributed by atoms with Gasteiger partial charge in [-0.1, -0.05) is 18.2 Å². The molecule has 2 aromatic carbocycles. The maximum Gasteiger partial charge on any atom is 0.182 e. The van der Waals surface area contributed by atoms with E-state index in [2.05, 4.69) is 15.1 Å². The number of ether oxygens (including phenoxy) is 4. The van der Waals surface area contributed by atoms with Crippen LogP contribution in [0.4, 0.5) is 14.6 Å². The lowest BCUT2D eigenvalue weighted by atomic mass is 10.1. The summed E-state index contributed by atoms with van der Waals surface area (Å²) in [4.78, 5) is 8.58.